The van der Waals surface area contributed by atoms with Gasteiger partial charge in [-0.1, -0.05) is 44.4 Å². The summed E-state index contributed by atoms with van der Waals surface area (Å²) < 4.78 is 5.66. The molecule has 0 radical (unpaired) electrons. The van der Waals surface area contributed by atoms with E-state index in [1.165, 1.54) is 48.4 Å². The van der Waals surface area contributed by atoms with Gasteiger partial charge in [-0.15, -0.1) is 0 Å². The third kappa shape index (κ3) is 2.85. The van der Waals surface area contributed by atoms with Gasteiger partial charge in [-0.25, -0.2) is 0 Å². The standard InChI is InChI=1S/C20H26O2/c1-3-18(21)16-9-11-17-15(13-16)10-12-19(22-2)20(17)14-7-5-4-6-8-14/h9-14,18,21H,3-8H2,1-2H3. The van der Waals surface area contributed by atoms with Gasteiger partial charge in [-0.3, -0.25) is 0 Å². The Morgan fingerprint density at radius 1 is 1.14 bits per heavy atom. The summed E-state index contributed by atoms with van der Waals surface area (Å²) >= 11 is 0. The molecule has 0 saturated heterocycles. The maximum absolute atomic E-state index is 10.1. The smallest absolute Gasteiger partial charge is 0.122 e. The summed E-state index contributed by atoms with van der Waals surface area (Å²) in [6, 6.07) is 10.6. The number of rotatable bonds is 4. The van der Waals surface area contributed by atoms with Crippen molar-refractivity contribution in [1.82, 2.24) is 0 Å². The Morgan fingerprint density at radius 2 is 1.91 bits per heavy atom. The normalized spacial score (nSPS) is 17.6. The van der Waals surface area contributed by atoms with Crippen LogP contribution in [-0.4, -0.2) is 12.2 Å². The number of benzene rings is 2. The van der Waals surface area contributed by atoms with Crippen molar-refractivity contribution in [3.63, 3.8) is 0 Å². The van der Waals surface area contributed by atoms with E-state index < -0.39 is 0 Å². The van der Waals surface area contributed by atoms with Gasteiger partial charge in [0, 0.05) is 5.56 Å². The van der Waals surface area contributed by atoms with E-state index >= 15 is 0 Å². The molecule has 1 atom stereocenters. The largest absolute Gasteiger partial charge is 0.496 e. The van der Waals surface area contributed by atoms with E-state index in [4.69, 9.17) is 4.74 Å². The molecule has 0 aliphatic heterocycles. The van der Waals surface area contributed by atoms with E-state index in [1.807, 2.05) is 6.92 Å². The summed E-state index contributed by atoms with van der Waals surface area (Å²) in [5.41, 5.74) is 2.38. The predicted molar refractivity (Wildman–Crippen MR) is 91.6 cm³/mol. The molecule has 0 aromatic heterocycles. The zero-order chi connectivity index (χ0) is 15.5. The van der Waals surface area contributed by atoms with Gasteiger partial charge in [0.1, 0.15) is 5.75 Å². The molecule has 2 aromatic carbocycles. The van der Waals surface area contributed by atoms with Crippen LogP contribution in [0.2, 0.25) is 0 Å². The van der Waals surface area contributed by atoms with Crippen molar-refractivity contribution >= 4 is 10.8 Å². The quantitative estimate of drug-likeness (QED) is 0.825. The molecule has 3 rings (SSSR count). The highest BCUT2D eigenvalue weighted by Crippen LogP contribution is 2.42. The molecule has 2 aromatic rings. The van der Waals surface area contributed by atoms with Crippen molar-refractivity contribution in [3.8, 4) is 5.75 Å². The summed E-state index contributed by atoms with van der Waals surface area (Å²) in [5, 5.41) is 12.6. The van der Waals surface area contributed by atoms with Gasteiger partial charge in [-0.2, -0.15) is 0 Å². The Bertz CT molecular complexity index is 641. The molecular formula is C20H26O2. The fourth-order valence-electron chi connectivity index (χ4n) is 3.79. The molecule has 1 unspecified atom stereocenters. The third-order valence-corrected chi connectivity index (χ3v) is 5.05. The number of hydrogen-bond donors (Lipinski definition) is 1. The van der Waals surface area contributed by atoms with Crippen LogP contribution in [0.25, 0.3) is 10.8 Å². The molecule has 0 spiro atoms. The molecule has 118 valence electrons. The number of aliphatic hydroxyl groups is 1. The Hall–Kier alpha value is -1.54. The van der Waals surface area contributed by atoms with E-state index in [1.54, 1.807) is 7.11 Å². The topological polar surface area (TPSA) is 29.5 Å². The van der Waals surface area contributed by atoms with E-state index in [0.717, 1.165) is 17.7 Å². The monoisotopic (exact) mass is 298 g/mol. The second-order valence-electron chi connectivity index (χ2n) is 6.42. The molecule has 2 heteroatoms. The first-order chi connectivity index (χ1) is 10.7. The first-order valence-corrected chi connectivity index (χ1v) is 8.53. The summed E-state index contributed by atoms with van der Waals surface area (Å²) in [5.74, 6) is 1.62. The van der Waals surface area contributed by atoms with Gasteiger partial charge in [0.15, 0.2) is 0 Å². The summed E-state index contributed by atoms with van der Waals surface area (Å²) in [4.78, 5) is 0. The number of ether oxygens (including phenoxy) is 1. The van der Waals surface area contributed by atoms with Crippen LogP contribution < -0.4 is 4.74 Å². The lowest BCUT2D eigenvalue weighted by Gasteiger charge is -2.25. The van der Waals surface area contributed by atoms with Crippen LogP contribution in [0, 0.1) is 0 Å². The van der Waals surface area contributed by atoms with Crippen molar-refractivity contribution in [2.45, 2.75) is 57.5 Å². The van der Waals surface area contributed by atoms with Gasteiger partial charge < -0.3 is 9.84 Å². The Labute approximate surface area is 133 Å². The Balaban J connectivity index is 2.10. The van der Waals surface area contributed by atoms with E-state index in [9.17, 15) is 5.11 Å². The average Bonchev–Trinajstić information content (AvgIpc) is 2.60. The number of hydrogen-bond acceptors (Lipinski definition) is 2. The maximum Gasteiger partial charge on any atom is 0.122 e. The highest BCUT2D eigenvalue weighted by Gasteiger charge is 2.21. The molecule has 0 heterocycles. The van der Waals surface area contributed by atoms with Crippen molar-refractivity contribution < 1.29 is 9.84 Å². The first kappa shape index (κ1) is 15.4. The van der Waals surface area contributed by atoms with Gasteiger partial charge in [0.25, 0.3) is 0 Å². The number of aliphatic hydroxyl groups excluding tert-OH is 1. The van der Waals surface area contributed by atoms with Crippen LogP contribution >= 0.6 is 0 Å². The van der Waals surface area contributed by atoms with E-state index in [0.29, 0.717) is 5.92 Å². The highest BCUT2D eigenvalue weighted by molar-refractivity contribution is 5.89. The lowest BCUT2D eigenvalue weighted by molar-refractivity contribution is 0.174. The van der Waals surface area contributed by atoms with Crippen molar-refractivity contribution in [1.29, 1.82) is 0 Å². The SMILES string of the molecule is CCC(O)c1ccc2c(C3CCCCC3)c(OC)ccc2c1. The molecule has 0 amide bonds. The van der Waals surface area contributed by atoms with Gasteiger partial charge >= 0.3 is 0 Å². The molecule has 2 nitrogen and oxygen atoms in total. The fourth-order valence-corrected chi connectivity index (χ4v) is 3.79. The van der Waals surface area contributed by atoms with Crippen molar-refractivity contribution in [2.75, 3.05) is 7.11 Å². The summed E-state index contributed by atoms with van der Waals surface area (Å²) in [6.07, 6.45) is 6.88. The van der Waals surface area contributed by atoms with Crippen LogP contribution in [-0.2, 0) is 0 Å². The lowest BCUT2D eigenvalue weighted by atomic mass is 9.81. The minimum Gasteiger partial charge on any atom is -0.496 e. The highest BCUT2D eigenvalue weighted by atomic mass is 16.5. The van der Waals surface area contributed by atoms with E-state index in [-0.39, 0.29) is 6.10 Å². The van der Waals surface area contributed by atoms with E-state index in [2.05, 4.69) is 30.3 Å². The first-order valence-electron chi connectivity index (χ1n) is 8.53. The summed E-state index contributed by atoms with van der Waals surface area (Å²) in [6.45, 7) is 2.01. The number of methoxy groups -OCH3 is 1. The average molecular weight is 298 g/mol. The molecule has 1 fully saturated rings. The van der Waals surface area contributed by atoms with Crippen molar-refractivity contribution in [2.24, 2.45) is 0 Å². The molecule has 22 heavy (non-hydrogen) atoms. The van der Waals surface area contributed by atoms with Gasteiger partial charge in [0.2, 0.25) is 0 Å². The molecule has 1 aliphatic carbocycles. The fraction of sp³-hybridized carbons (Fsp3) is 0.500. The second-order valence-corrected chi connectivity index (χ2v) is 6.42. The molecule has 1 aliphatic rings. The van der Waals surface area contributed by atoms with Crippen LogP contribution in [0.5, 0.6) is 5.75 Å². The molecular weight excluding hydrogens is 272 g/mol. The minimum atomic E-state index is -0.371. The van der Waals surface area contributed by atoms with Crippen LogP contribution in [0.15, 0.2) is 30.3 Å². The molecule has 1 saturated carbocycles. The predicted octanol–water partition coefficient (Wildman–Crippen LogP) is 5.34. The molecule has 0 bridgehead atoms. The van der Waals surface area contributed by atoms with Crippen LogP contribution in [0.3, 0.4) is 0 Å². The summed E-state index contributed by atoms with van der Waals surface area (Å²) in [7, 11) is 1.77. The molecule has 1 N–H and O–H groups in total. The second kappa shape index (κ2) is 6.70. The van der Waals surface area contributed by atoms with Crippen LogP contribution in [0.1, 0.15) is 68.6 Å². The maximum atomic E-state index is 10.1. The Morgan fingerprint density at radius 3 is 2.59 bits per heavy atom. The zero-order valence-electron chi connectivity index (χ0n) is 13.6. The third-order valence-electron chi connectivity index (χ3n) is 5.05. The van der Waals surface area contributed by atoms with Crippen molar-refractivity contribution in [3.05, 3.63) is 41.5 Å². The lowest BCUT2D eigenvalue weighted by Crippen LogP contribution is -2.07. The van der Waals surface area contributed by atoms with Gasteiger partial charge in [0.05, 0.1) is 13.2 Å². The zero-order valence-corrected chi connectivity index (χ0v) is 13.6. The van der Waals surface area contributed by atoms with Crippen LogP contribution in [0.4, 0.5) is 0 Å². The van der Waals surface area contributed by atoms with Gasteiger partial charge in [-0.05, 0) is 53.6 Å². The Kier molecular flexibility index (Phi) is 4.68. The number of fused-ring (bicyclic) bond motifs is 1. The minimum absolute atomic E-state index is 0.371.